The number of carbonyl (C=O) groups excluding carboxylic acids is 1. The van der Waals surface area contributed by atoms with Crippen molar-refractivity contribution in [3.8, 4) is 10.6 Å². The molecule has 1 N–H and O–H groups in total. The molecule has 128 valence electrons. The number of nitro groups is 1. The first-order valence-corrected chi connectivity index (χ1v) is 9.25. The molecule has 0 aliphatic carbocycles. The van der Waals surface area contributed by atoms with Gasteiger partial charge < -0.3 is 5.32 Å². The van der Waals surface area contributed by atoms with Crippen LogP contribution in [0, 0.1) is 17.0 Å². The van der Waals surface area contributed by atoms with Crippen LogP contribution >= 0.6 is 34.3 Å². The van der Waals surface area contributed by atoms with E-state index in [1.807, 2.05) is 24.4 Å². The Labute approximate surface area is 156 Å². The van der Waals surface area contributed by atoms with Crippen LogP contribution in [0.4, 0.5) is 5.69 Å². The van der Waals surface area contributed by atoms with Gasteiger partial charge in [0.25, 0.3) is 11.6 Å². The van der Waals surface area contributed by atoms with Gasteiger partial charge in [-0.3, -0.25) is 14.9 Å². The first-order chi connectivity index (χ1) is 11.9. The lowest BCUT2D eigenvalue weighted by Gasteiger charge is -2.05. The number of hydrogen-bond donors (Lipinski definition) is 1. The van der Waals surface area contributed by atoms with Gasteiger partial charge in [0.2, 0.25) is 0 Å². The Morgan fingerprint density at radius 2 is 2.16 bits per heavy atom. The number of amides is 1. The molecular formula is C16H12ClN3O3S2. The van der Waals surface area contributed by atoms with Gasteiger partial charge in [-0.2, -0.15) is 0 Å². The summed E-state index contributed by atoms with van der Waals surface area (Å²) in [5, 5.41) is 17.0. The molecule has 0 aliphatic rings. The van der Waals surface area contributed by atoms with Crippen molar-refractivity contribution in [2.45, 2.75) is 13.5 Å². The molecule has 0 fully saturated rings. The van der Waals surface area contributed by atoms with E-state index in [2.05, 4.69) is 10.3 Å². The number of aromatic nitrogens is 1. The largest absolute Gasteiger partial charge is 0.347 e. The van der Waals surface area contributed by atoms with E-state index < -0.39 is 10.8 Å². The third-order valence-electron chi connectivity index (χ3n) is 3.36. The number of thiophene rings is 1. The fraction of sp³-hybridized carbons (Fsp3) is 0.125. The van der Waals surface area contributed by atoms with E-state index in [-0.39, 0.29) is 22.8 Å². The molecule has 3 aromatic rings. The third kappa shape index (κ3) is 4.04. The lowest BCUT2D eigenvalue weighted by molar-refractivity contribution is -0.385. The van der Waals surface area contributed by atoms with Crippen molar-refractivity contribution in [3.05, 3.63) is 66.3 Å². The quantitative estimate of drug-likeness (QED) is 0.504. The van der Waals surface area contributed by atoms with Crippen LogP contribution in [-0.2, 0) is 6.54 Å². The van der Waals surface area contributed by atoms with Crippen LogP contribution in [-0.4, -0.2) is 15.8 Å². The lowest BCUT2D eigenvalue weighted by Crippen LogP contribution is -2.23. The number of nitrogens with one attached hydrogen (secondary N) is 1. The van der Waals surface area contributed by atoms with Crippen molar-refractivity contribution >= 4 is 45.9 Å². The van der Waals surface area contributed by atoms with Crippen LogP contribution < -0.4 is 5.32 Å². The van der Waals surface area contributed by atoms with Crippen LogP contribution in [0.3, 0.4) is 0 Å². The monoisotopic (exact) mass is 393 g/mol. The maximum absolute atomic E-state index is 12.3. The molecule has 2 aromatic heterocycles. The van der Waals surface area contributed by atoms with E-state index in [1.165, 1.54) is 29.5 Å². The van der Waals surface area contributed by atoms with Gasteiger partial charge in [0.1, 0.15) is 5.56 Å². The summed E-state index contributed by atoms with van der Waals surface area (Å²) in [6.07, 6.45) is 0. The highest BCUT2D eigenvalue weighted by Crippen LogP contribution is 2.29. The van der Waals surface area contributed by atoms with Gasteiger partial charge in [0, 0.05) is 21.3 Å². The molecular weight excluding hydrogens is 382 g/mol. The molecule has 0 spiro atoms. The zero-order valence-electron chi connectivity index (χ0n) is 13.0. The zero-order chi connectivity index (χ0) is 18.0. The zero-order valence-corrected chi connectivity index (χ0v) is 15.4. The predicted octanol–water partition coefficient (Wildman–Crippen LogP) is 4.67. The minimum atomic E-state index is -0.616. The van der Waals surface area contributed by atoms with Gasteiger partial charge in [0.05, 0.1) is 27.0 Å². The number of hydrogen-bond acceptors (Lipinski definition) is 6. The summed E-state index contributed by atoms with van der Waals surface area (Å²) >= 11 is 8.87. The highest BCUT2D eigenvalue weighted by atomic mass is 35.5. The number of nitro benzene ring substituents is 1. The summed E-state index contributed by atoms with van der Waals surface area (Å²) in [6.45, 7) is 2.23. The molecule has 1 amide bonds. The van der Waals surface area contributed by atoms with Gasteiger partial charge >= 0.3 is 0 Å². The average Bonchev–Trinajstić information content (AvgIpc) is 3.21. The summed E-state index contributed by atoms with van der Waals surface area (Å²) in [6, 6.07) is 7.84. The van der Waals surface area contributed by atoms with E-state index in [1.54, 1.807) is 11.3 Å². The highest BCUT2D eigenvalue weighted by molar-refractivity contribution is 7.16. The number of nitrogens with zero attached hydrogens (tertiary/aromatic N) is 2. The molecule has 0 saturated carbocycles. The normalized spacial score (nSPS) is 10.6. The SMILES string of the molecule is Cc1nc(-c2ccc(CNC(=O)c3ccc(Cl)cc3[N+](=O)[O-])s2)cs1. The van der Waals surface area contributed by atoms with Crippen LogP contribution in [0.1, 0.15) is 20.2 Å². The Hall–Kier alpha value is -2.29. The number of rotatable bonds is 5. The molecule has 25 heavy (non-hydrogen) atoms. The summed E-state index contributed by atoms with van der Waals surface area (Å²) in [5.41, 5.74) is 0.592. The minimum Gasteiger partial charge on any atom is -0.347 e. The molecule has 2 heterocycles. The smallest absolute Gasteiger partial charge is 0.283 e. The maximum atomic E-state index is 12.3. The average molecular weight is 394 g/mol. The number of carbonyl (C=O) groups is 1. The molecule has 0 atom stereocenters. The Bertz CT molecular complexity index is 952. The van der Waals surface area contributed by atoms with Crippen LogP contribution in [0.25, 0.3) is 10.6 Å². The van der Waals surface area contributed by atoms with Crippen molar-refractivity contribution in [2.75, 3.05) is 0 Å². The number of thiazole rings is 1. The van der Waals surface area contributed by atoms with Crippen molar-refractivity contribution < 1.29 is 9.72 Å². The minimum absolute atomic E-state index is 0.0127. The second-order valence-corrected chi connectivity index (χ2v) is 7.79. The molecule has 0 unspecified atom stereocenters. The van der Waals surface area contributed by atoms with E-state index in [0.717, 1.165) is 20.5 Å². The maximum Gasteiger partial charge on any atom is 0.283 e. The molecule has 0 bridgehead atoms. The summed E-state index contributed by atoms with van der Waals surface area (Å²) < 4.78 is 0. The van der Waals surface area contributed by atoms with Crippen molar-refractivity contribution in [2.24, 2.45) is 0 Å². The van der Waals surface area contributed by atoms with Gasteiger partial charge in [-0.05, 0) is 31.2 Å². The molecule has 1 aromatic carbocycles. The van der Waals surface area contributed by atoms with Crippen molar-refractivity contribution in [1.29, 1.82) is 0 Å². The topological polar surface area (TPSA) is 85.1 Å². The van der Waals surface area contributed by atoms with Gasteiger partial charge in [-0.1, -0.05) is 11.6 Å². The van der Waals surface area contributed by atoms with E-state index in [4.69, 9.17) is 11.6 Å². The Morgan fingerprint density at radius 1 is 1.36 bits per heavy atom. The summed E-state index contributed by atoms with van der Waals surface area (Å²) in [7, 11) is 0. The Kier molecular flexibility index (Phi) is 5.12. The summed E-state index contributed by atoms with van der Waals surface area (Å²) in [4.78, 5) is 29.1. The molecule has 3 rings (SSSR count). The fourth-order valence-electron chi connectivity index (χ4n) is 2.20. The standard InChI is InChI=1S/C16H12ClN3O3S2/c1-9-19-13(8-24-9)15-5-3-11(25-15)7-18-16(21)12-4-2-10(17)6-14(12)20(22)23/h2-6,8H,7H2,1H3,(H,18,21). The van der Waals surface area contributed by atoms with Crippen molar-refractivity contribution in [1.82, 2.24) is 10.3 Å². The fourth-order valence-corrected chi connectivity index (χ4v) is 3.96. The Morgan fingerprint density at radius 3 is 2.84 bits per heavy atom. The molecule has 6 nitrogen and oxygen atoms in total. The van der Waals surface area contributed by atoms with E-state index in [9.17, 15) is 14.9 Å². The summed E-state index contributed by atoms with van der Waals surface area (Å²) in [5.74, 6) is -0.511. The highest BCUT2D eigenvalue weighted by Gasteiger charge is 2.20. The Balaban J connectivity index is 1.71. The second kappa shape index (κ2) is 7.30. The number of halogens is 1. The van der Waals surface area contributed by atoms with Crippen LogP contribution in [0.5, 0.6) is 0 Å². The van der Waals surface area contributed by atoms with Crippen molar-refractivity contribution in [3.63, 3.8) is 0 Å². The van der Waals surface area contributed by atoms with Gasteiger partial charge in [-0.15, -0.1) is 22.7 Å². The van der Waals surface area contributed by atoms with Crippen LogP contribution in [0.2, 0.25) is 5.02 Å². The molecule has 0 aliphatic heterocycles. The van der Waals surface area contributed by atoms with Crippen LogP contribution in [0.15, 0.2) is 35.7 Å². The first-order valence-electron chi connectivity index (χ1n) is 7.17. The third-order valence-corrected chi connectivity index (χ3v) is 5.47. The molecule has 0 saturated heterocycles. The second-order valence-electron chi connectivity index (χ2n) is 5.12. The van der Waals surface area contributed by atoms with Gasteiger partial charge in [0.15, 0.2) is 0 Å². The molecule has 9 heteroatoms. The number of aryl methyl sites for hydroxylation is 1. The van der Waals surface area contributed by atoms with E-state index in [0.29, 0.717) is 0 Å². The first kappa shape index (κ1) is 17.5. The van der Waals surface area contributed by atoms with Gasteiger partial charge in [-0.25, -0.2) is 4.98 Å². The lowest BCUT2D eigenvalue weighted by atomic mass is 10.1. The van der Waals surface area contributed by atoms with E-state index >= 15 is 0 Å². The number of benzene rings is 1. The molecule has 0 radical (unpaired) electrons. The predicted molar refractivity (Wildman–Crippen MR) is 99.4 cm³/mol.